The Balaban J connectivity index is 1.96. The van der Waals surface area contributed by atoms with Crippen LogP contribution in [0.4, 0.5) is 0 Å². The molecule has 18 heavy (non-hydrogen) atoms. The van der Waals surface area contributed by atoms with Gasteiger partial charge in [-0.15, -0.1) is 11.3 Å². The molecule has 0 saturated carbocycles. The maximum Gasteiger partial charge on any atom is 0.250 e. The Morgan fingerprint density at radius 3 is 2.89 bits per heavy atom. The standard InChI is InChI=1S/C11H14N2O2S3/c12-7-9-4-5-11(17-9)18(14,15)13-8-10-3-1-2-6-16-10/h4-5,10,13H,1-3,6,8H2. The summed E-state index contributed by atoms with van der Waals surface area (Å²) in [5.41, 5.74) is 0. The first-order chi connectivity index (χ1) is 8.62. The summed E-state index contributed by atoms with van der Waals surface area (Å²) >= 11 is 2.84. The van der Waals surface area contributed by atoms with E-state index in [0.717, 1.165) is 23.5 Å². The Morgan fingerprint density at radius 1 is 1.44 bits per heavy atom. The summed E-state index contributed by atoms with van der Waals surface area (Å²) in [5.74, 6) is 1.12. The SMILES string of the molecule is N#Cc1ccc(S(=O)(=O)NCC2CCCCS2)s1. The van der Waals surface area contributed by atoms with Crippen molar-refractivity contribution in [3.63, 3.8) is 0 Å². The molecule has 0 aromatic carbocycles. The second-order valence-electron chi connectivity index (χ2n) is 4.07. The van der Waals surface area contributed by atoms with Crippen LogP contribution in [0.5, 0.6) is 0 Å². The van der Waals surface area contributed by atoms with Crippen LogP contribution in [-0.4, -0.2) is 26.0 Å². The third-order valence-electron chi connectivity index (χ3n) is 2.73. The molecule has 0 amide bonds. The van der Waals surface area contributed by atoms with Crippen molar-refractivity contribution in [1.82, 2.24) is 4.72 Å². The van der Waals surface area contributed by atoms with Gasteiger partial charge in [-0.25, -0.2) is 13.1 Å². The van der Waals surface area contributed by atoms with E-state index in [9.17, 15) is 8.42 Å². The van der Waals surface area contributed by atoms with E-state index < -0.39 is 10.0 Å². The van der Waals surface area contributed by atoms with Crippen LogP contribution >= 0.6 is 23.1 Å². The molecule has 1 N–H and O–H groups in total. The highest BCUT2D eigenvalue weighted by molar-refractivity contribution is 8.00. The van der Waals surface area contributed by atoms with E-state index in [4.69, 9.17) is 5.26 Å². The summed E-state index contributed by atoms with van der Waals surface area (Å²) in [6.45, 7) is 0.479. The van der Waals surface area contributed by atoms with Crippen LogP contribution in [0.2, 0.25) is 0 Å². The smallest absolute Gasteiger partial charge is 0.209 e. The molecule has 4 nitrogen and oxygen atoms in total. The van der Waals surface area contributed by atoms with Gasteiger partial charge < -0.3 is 0 Å². The predicted molar refractivity (Wildman–Crippen MR) is 74.3 cm³/mol. The first-order valence-corrected chi connectivity index (χ1v) is 9.08. The summed E-state index contributed by atoms with van der Waals surface area (Å²) in [6.07, 6.45) is 3.47. The zero-order valence-electron chi connectivity index (χ0n) is 9.76. The lowest BCUT2D eigenvalue weighted by atomic mass is 10.2. The summed E-state index contributed by atoms with van der Waals surface area (Å²) in [5, 5.41) is 9.07. The highest BCUT2D eigenvalue weighted by Crippen LogP contribution is 2.25. The van der Waals surface area contributed by atoms with Gasteiger partial charge in [-0.3, -0.25) is 0 Å². The highest BCUT2D eigenvalue weighted by atomic mass is 32.2. The van der Waals surface area contributed by atoms with Gasteiger partial charge in [-0.1, -0.05) is 6.42 Å². The molecule has 1 saturated heterocycles. The van der Waals surface area contributed by atoms with Gasteiger partial charge in [0.15, 0.2) is 0 Å². The number of thiophene rings is 1. The molecule has 0 bridgehead atoms. The molecule has 7 heteroatoms. The van der Waals surface area contributed by atoms with Gasteiger partial charge in [-0.05, 0) is 30.7 Å². The van der Waals surface area contributed by atoms with E-state index in [0.29, 0.717) is 16.7 Å². The molecule has 1 aromatic rings. The van der Waals surface area contributed by atoms with Crippen molar-refractivity contribution in [3.05, 3.63) is 17.0 Å². The zero-order chi connectivity index (χ0) is 13.0. The molecular weight excluding hydrogens is 288 g/mol. The van der Waals surface area contributed by atoms with E-state index >= 15 is 0 Å². The minimum absolute atomic E-state index is 0.222. The first-order valence-electron chi connectivity index (χ1n) is 5.73. The summed E-state index contributed by atoms with van der Waals surface area (Å²) in [6, 6.07) is 4.97. The van der Waals surface area contributed by atoms with E-state index in [1.165, 1.54) is 25.0 Å². The fourth-order valence-electron chi connectivity index (χ4n) is 1.77. The lowest BCUT2D eigenvalue weighted by Crippen LogP contribution is -2.31. The Bertz CT molecular complexity index is 539. The average molecular weight is 302 g/mol. The molecule has 1 unspecified atom stereocenters. The average Bonchev–Trinajstić information content (AvgIpc) is 2.87. The third-order valence-corrected chi connectivity index (χ3v) is 7.03. The fourth-order valence-corrected chi connectivity index (χ4v) is 5.34. The molecule has 98 valence electrons. The number of rotatable bonds is 4. The number of thioether (sulfide) groups is 1. The second kappa shape index (κ2) is 6.06. The lowest BCUT2D eigenvalue weighted by Gasteiger charge is -2.21. The lowest BCUT2D eigenvalue weighted by molar-refractivity contribution is 0.576. The van der Waals surface area contributed by atoms with Gasteiger partial charge >= 0.3 is 0 Å². The van der Waals surface area contributed by atoms with Crippen LogP contribution in [0.3, 0.4) is 0 Å². The summed E-state index contributed by atoms with van der Waals surface area (Å²) in [4.78, 5) is 0.419. The molecule has 0 aliphatic carbocycles. The Labute approximate surface area is 115 Å². The number of hydrogen-bond acceptors (Lipinski definition) is 5. The van der Waals surface area contributed by atoms with E-state index in [-0.39, 0.29) is 4.21 Å². The molecule has 0 spiro atoms. The minimum Gasteiger partial charge on any atom is -0.209 e. The van der Waals surface area contributed by atoms with Crippen molar-refractivity contribution in [1.29, 1.82) is 5.26 Å². The molecule has 1 atom stereocenters. The Kier molecular flexibility index (Phi) is 4.67. The second-order valence-corrected chi connectivity index (χ2v) is 8.56. The molecule has 2 rings (SSSR count). The van der Waals surface area contributed by atoms with Gasteiger partial charge in [0.1, 0.15) is 15.2 Å². The third kappa shape index (κ3) is 3.48. The van der Waals surface area contributed by atoms with E-state index in [1.54, 1.807) is 0 Å². The highest BCUT2D eigenvalue weighted by Gasteiger charge is 2.20. The number of nitrogens with zero attached hydrogens (tertiary/aromatic N) is 1. The summed E-state index contributed by atoms with van der Waals surface area (Å²) in [7, 11) is -3.44. The molecule has 2 heterocycles. The maximum atomic E-state index is 12.0. The molecular formula is C11H14N2O2S3. The normalized spacial score (nSPS) is 20.5. The maximum absolute atomic E-state index is 12.0. The minimum atomic E-state index is -3.44. The van der Waals surface area contributed by atoms with E-state index in [1.807, 2.05) is 17.8 Å². The monoisotopic (exact) mass is 302 g/mol. The number of sulfonamides is 1. The molecule has 1 aromatic heterocycles. The van der Waals surface area contributed by atoms with Gasteiger partial charge in [-0.2, -0.15) is 17.0 Å². The van der Waals surface area contributed by atoms with Crippen molar-refractivity contribution in [3.8, 4) is 6.07 Å². The van der Waals surface area contributed by atoms with E-state index in [2.05, 4.69) is 4.72 Å². The van der Waals surface area contributed by atoms with Crippen molar-refractivity contribution in [2.45, 2.75) is 28.7 Å². The number of hydrogen-bond donors (Lipinski definition) is 1. The van der Waals surface area contributed by atoms with Crippen LogP contribution in [0.1, 0.15) is 24.1 Å². The molecule has 1 aliphatic rings. The largest absolute Gasteiger partial charge is 0.250 e. The Morgan fingerprint density at radius 2 is 2.28 bits per heavy atom. The van der Waals surface area contributed by atoms with Gasteiger partial charge in [0.25, 0.3) is 0 Å². The van der Waals surface area contributed by atoms with Gasteiger partial charge in [0, 0.05) is 11.8 Å². The number of nitriles is 1. The van der Waals surface area contributed by atoms with Crippen molar-refractivity contribution in [2.75, 3.05) is 12.3 Å². The number of nitrogens with one attached hydrogen (secondary N) is 1. The molecule has 1 aliphatic heterocycles. The van der Waals surface area contributed by atoms with Crippen LogP contribution in [0, 0.1) is 11.3 Å². The van der Waals surface area contributed by atoms with Crippen LogP contribution in [-0.2, 0) is 10.0 Å². The van der Waals surface area contributed by atoms with Crippen molar-refractivity contribution < 1.29 is 8.42 Å². The van der Waals surface area contributed by atoms with Crippen LogP contribution in [0.25, 0.3) is 0 Å². The molecule has 1 fully saturated rings. The van der Waals surface area contributed by atoms with Crippen molar-refractivity contribution >= 4 is 33.1 Å². The van der Waals surface area contributed by atoms with Crippen LogP contribution in [0.15, 0.2) is 16.3 Å². The zero-order valence-corrected chi connectivity index (χ0v) is 12.2. The summed E-state index contributed by atoms with van der Waals surface area (Å²) < 4.78 is 26.8. The van der Waals surface area contributed by atoms with Crippen molar-refractivity contribution in [2.24, 2.45) is 0 Å². The fraction of sp³-hybridized carbons (Fsp3) is 0.545. The van der Waals surface area contributed by atoms with Gasteiger partial charge in [0.2, 0.25) is 10.0 Å². The molecule has 0 radical (unpaired) electrons. The topological polar surface area (TPSA) is 70.0 Å². The van der Waals surface area contributed by atoms with Crippen LogP contribution < -0.4 is 4.72 Å². The van der Waals surface area contributed by atoms with Gasteiger partial charge in [0.05, 0.1) is 0 Å². The Hall–Kier alpha value is -0.550. The first kappa shape index (κ1) is 13.9. The predicted octanol–water partition coefficient (Wildman–Crippen LogP) is 2.18. The quantitative estimate of drug-likeness (QED) is 0.925.